The molecular weight excluding hydrogens is 370 g/mol. The molecule has 8 heteroatoms. The number of hydrogen-bond acceptors (Lipinski definition) is 6. The Hall–Kier alpha value is -3.29. The van der Waals surface area contributed by atoms with Crippen LogP contribution in [0, 0.1) is 0 Å². The predicted molar refractivity (Wildman–Crippen MR) is 107 cm³/mol. The Morgan fingerprint density at radius 2 is 1.69 bits per heavy atom. The number of fused-ring (bicyclic) bond motifs is 1. The highest BCUT2D eigenvalue weighted by molar-refractivity contribution is 6.22. The van der Waals surface area contributed by atoms with Crippen molar-refractivity contribution < 1.29 is 14.4 Å². The Kier molecular flexibility index (Phi) is 5.24. The van der Waals surface area contributed by atoms with Gasteiger partial charge in [0.1, 0.15) is 0 Å². The lowest BCUT2D eigenvalue weighted by molar-refractivity contribution is 0.0651. The lowest BCUT2D eigenvalue weighted by atomic mass is 10.0. The average molecular weight is 393 g/mol. The average Bonchev–Trinajstić information content (AvgIpc) is 3.01. The summed E-state index contributed by atoms with van der Waals surface area (Å²) in [5.74, 6) is -0.0461. The van der Waals surface area contributed by atoms with Crippen LogP contribution in [0.4, 0.5) is 5.95 Å². The van der Waals surface area contributed by atoms with Crippen molar-refractivity contribution in [1.82, 2.24) is 19.8 Å². The second-order valence-electron chi connectivity index (χ2n) is 7.20. The molecular formula is C21H23N5O3. The molecule has 1 fully saturated rings. The van der Waals surface area contributed by atoms with Crippen molar-refractivity contribution in [2.75, 3.05) is 37.6 Å². The number of benzene rings is 1. The molecule has 0 aliphatic carbocycles. The second kappa shape index (κ2) is 7.98. The molecule has 0 atom stereocenters. The number of hydrogen-bond donors (Lipinski definition) is 0. The Labute approximate surface area is 169 Å². The molecule has 2 aliphatic heterocycles. The van der Waals surface area contributed by atoms with E-state index in [9.17, 15) is 14.4 Å². The summed E-state index contributed by atoms with van der Waals surface area (Å²) in [5, 5.41) is 0. The van der Waals surface area contributed by atoms with E-state index in [4.69, 9.17) is 0 Å². The van der Waals surface area contributed by atoms with Gasteiger partial charge in [0.2, 0.25) is 5.95 Å². The van der Waals surface area contributed by atoms with E-state index in [2.05, 4.69) is 9.97 Å². The fraction of sp³-hybridized carbons (Fsp3) is 0.381. The summed E-state index contributed by atoms with van der Waals surface area (Å²) in [5.41, 5.74) is 1.15. The minimum atomic E-state index is -0.306. The molecule has 0 radical (unpaired) electrons. The highest BCUT2D eigenvalue weighted by atomic mass is 16.2. The summed E-state index contributed by atoms with van der Waals surface area (Å²) in [6, 6.07) is 6.58. The summed E-state index contributed by atoms with van der Waals surface area (Å²) in [4.78, 5) is 51.6. The fourth-order valence-electron chi connectivity index (χ4n) is 3.69. The summed E-state index contributed by atoms with van der Waals surface area (Å²) in [7, 11) is 0. The lowest BCUT2D eigenvalue weighted by Gasteiger charge is -2.34. The minimum absolute atomic E-state index is 0.131. The Morgan fingerprint density at radius 1 is 1.00 bits per heavy atom. The van der Waals surface area contributed by atoms with E-state index in [1.54, 1.807) is 41.6 Å². The van der Waals surface area contributed by atoms with Crippen LogP contribution in [0.15, 0.2) is 36.7 Å². The van der Waals surface area contributed by atoms with Crippen LogP contribution < -0.4 is 4.90 Å². The number of imide groups is 1. The van der Waals surface area contributed by atoms with Crippen molar-refractivity contribution in [3.63, 3.8) is 0 Å². The number of anilines is 1. The van der Waals surface area contributed by atoms with E-state index in [0.29, 0.717) is 55.4 Å². The number of piperazine rings is 1. The third kappa shape index (κ3) is 3.57. The summed E-state index contributed by atoms with van der Waals surface area (Å²) < 4.78 is 0. The highest BCUT2D eigenvalue weighted by Gasteiger charge is 2.36. The predicted octanol–water partition coefficient (Wildman–Crippen LogP) is 1.84. The van der Waals surface area contributed by atoms with Crippen molar-refractivity contribution in [3.05, 3.63) is 53.3 Å². The summed E-state index contributed by atoms with van der Waals surface area (Å²) in [6.45, 7) is 4.80. The molecule has 0 spiro atoms. The first kappa shape index (κ1) is 19.0. The number of carbonyl (C=O) groups is 3. The molecule has 0 N–H and O–H groups in total. The monoisotopic (exact) mass is 393 g/mol. The maximum Gasteiger partial charge on any atom is 0.261 e. The van der Waals surface area contributed by atoms with Crippen LogP contribution >= 0.6 is 0 Å². The summed E-state index contributed by atoms with van der Waals surface area (Å²) in [6.07, 6.45) is 5.07. The maximum atomic E-state index is 13.0. The number of nitrogens with zero attached hydrogens (tertiary/aromatic N) is 5. The van der Waals surface area contributed by atoms with Gasteiger partial charge in [-0.15, -0.1) is 0 Å². The lowest BCUT2D eigenvalue weighted by Crippen LogP contribution is -2.49. The van der Waals surface area contributed by atoms with E-state index in [0.717, 1.165) is 12.8 Å². The quantitative estimate of drug-likeness (QED) is 0.721. The van der Waals surface area contributed by atoms with Gasteiger partial charge in [0.15, 0.2) is 0 Å². The van der Waals surface area contributed by atoms with Crippen LogP contribution in [0.3, 0.4) is 0 Å². The van der Waals surface area contributed by atoms with Gasteiger partial charge in [-0.25, -0.2) is 9.97 Å². The SMILES string of the molecule is CCCCN1C(=O)c2ccc(C(=O)N3CCN(c4ncccn4)CC3)cc2C1=O. The van der Waals surface area contributed by atoms with Gasteiger partial charge in [0.05, 0.1) is 11.1 Å². The third-order valence-corrected chi connectivity index (χ3v) is 5.35. The molecule has 0 bridgehead atoms. The van der Waals surface area contributed by atoms with E-state index >= 15 is 0 Å². The standard InChI is InChI=1S/C21H23N5O3/c1-2-3-9-26-19(28)16-6-5-15(14-17(16)20(26)29)18(27)24-10-12-25(13-11-24)21-22-7-4-8-23-21/h4-8,14H,2-3,9-13H2,1H3. The molecule has 1 aromatic carbocycles. The first-order valence-electron chi connectivity index (χ1n) is 9.91. The number of aromatic nitrogens is 2. The molecule has 0 unspecified atom stereocenters. The molecule has 29 heavy (non-hydrogen) atoms. The highest BCUT2D eigenvalue weighted by Crippen LogP contribution is 2.25. The molecule has 4 rings (SSSR count). The zero-order valence-corrected chi connectivity index (χ0v) is 16.4. The molecule has 150 valence electrons. The molecule has 8 nitrogen and oxygen atoms in total. The van der Waals surface area contributed by atoms with Crippen LogP contribution in [0.1, 0.15) is 50.8 Å². The van der Waals surface area contributed by atoms with Crippen molar-refractivity contribution in [3.8, 4) is 0 Å². The second-order valence-corrected chi connectivity index (χ2v) is 7.20. The van der Waals surface area contributed by atoms with E-state index in [-0.39, 0.29) is 17.7 Å². The molecule has 2 aromatic rings. The number of carbonyl (C=O) groups excluding carboxylic acids is 3. The van der Waals surface area contributed by atoms with Crippen molar-refractivity contribution in [2.24, 2.45) is 0 Å². The normalized spacial score (nSPS) is 16.4. The number of amides is 3. The Balaban J connectivity index is 1.45. The molecule has 3 amide bonds. The van der Waals surface area contributed by atoms with Crippen molar-refractivity contribution in [2.45, 2.75) is 19.8 Å². The van der Waals surface area contributed by atoms with Crippen LogP contribution in [0.25, 0.3) is 0 Å². The van der Waals surface area contributed by atoms with Crippen LogP contribution in [0.5, 0.6) is 0 Å². The van der Waals surface area contributed by atoms with Gasteiger partial charge in [-0.3, -0.25) is 19.3 Å². The van der Waals surface area contributed by atoms with E-state index in [1.165, 1.54) is 4.90 Å². The Bertz CT molecular complexity index is 939. The van der Waals surface area contributed by atoms with E-state index < -0.39 is 0 Å². The maximum absolute atomic E-state index is 13.0. The fourth-order valence-corrected chi connectivity index (χ4v) is 3.69. The van der Waals surface area contributed by atoms with Crippen LogP contribution in [-0.4, -0.2) is 70.2 Å². The summed E-state index contributed by atoms with van der Waals surface area (Å²) >= 11 is 0. The Morgan fingerprint density at radius 3 is 2.38 bits per heavy atom. The first-order chi connectivity index (χ1) is 14.1. The van der Waals surface area contributed by atoms with Crippen LogP contribution in [-0.2, 0) is 0 Å². The number of rotatable bonds is 5. The number of unbranched alkanes of at least 4 members (excludes halogenated alkanes) is 1. The molecule has 0 saturated carbocycles. The van der Waals surface area contributed by atoms with Gasteiger partial charge < -0.3 is 9.80 Å². The minimum Gasteiger partial charge on any atom is -0.337 e. The zero-order chi connectivity index (χ0) is 20.4. The van der Waals surface area contributed by atoms with Gasteiger partial charge in [-0.1, -0.05) is 13.3 Å². The van der Waals surface area contributed by atoms with Crippen molar-refractivity contribution in [1.29, 1.82) is 0 Å². The zero-order valence-electron chi connectivity index (χ0n) is 16.4. The topological polar surface area (TPSA) is 86.7 Å². The molecule has 1 saturated heterocycles. The first-order valence-corrected chi connectivity index (χ1v) is 9.91. The van der Waals surface area contributed by atoms with Gasteiger partial charge in [-0.05, 0) is 30.7 Å². The van der Waals surface area contributed by atoms with Gasteiger partial charge >= 0.3 is 0 Å². The van der Waals surface area contributed by atoms with Crippen LogP contribution in [0.2, 0.25) is 0 Å². The van der Waals surface area contributed by atoms with Gasteiger partial charge in [0, 0.05) is 50.7 Å². The third-order valence-electron chi connectivity index (χ3n) is 5.35. The molecule has 3 heterocycles. The largest absolute Gasteiger partial charge is 0.337 e. The van der Waals surface area contributed by atoms with Gasteiger partial charge in [0.25, 0.3) is 17.7 Å². The van der Waals surface area contributed by atoms with Crippen molar-refractivity contribution >= 4 is 23.7 Å². The van der Waals surface area contributed by atoms with Gasteiger partial charge in [-0.2, -0.15) is 0 Å². The van der Waals surface area contributed by atoms with E-state index in [1.807, 2.05) is 11.8 Å². The molecule has 1 aromatic heterocycles. The molecule has 2 aliphatic rings. The smallest absolute Gasteiger partial charge is 0.261 e.